The van der Waals surface area contributed by atoms with Crippen molar-refractivity contribution in [3.05, 3.63) is 35.9 Å². The van der Waals surface area contributed by atoms with E-state index < -0.39 is 0 Å². The maximum Gasteiger partial charge on any atom is 0.0178 e. The fourth-order valence-electron chi connectivity index (χ4n) is 1.54. The van der Waals surface area contributed by atoms with Crippen LogP contribution in [0.1, 0.15) is 45.6 Å². The zero-order valence-corrected chi connectivity index (χ0v) is 11.6. The van der Waals surface area contributed by atoms with Gasteiger partial charge in [0.15, 0.2) is 0 Å². The third-order valence-electron chi connectivity index (χ3n) is 2.54. The molecule has 1 rings (SSSR count). The van der Waals surface area contributed by atoms with Gasteiger partial charge in [-0.05, 0) is 31.9 Å². The van der Waals surface area contributed by atoms with Gasteiger partial charge in [-0.3, -0.25) is 0 Å². The van der Waals surface area contributed by atoms with Crippen molar-refractivity contribution in [1.82, 2.24) is 5.32 Å². The van der Waals surface area contributed by atoms with Crippen LogP contribution in [-0.4, -0.2) is 12.6 Å². The molecule has 0 aliphatic rings. The molecule has 3 N–H and O–H groups in total. The standard InChI is InChI=1S/C8H19N.C7H9N/c1-4-6-8(3)9-7-5-2;8-6-7-4-2-1-3-5-7/h8-9H,4-7H2,1-3H3;1-5H,6,8H2. The summed E-state index contributed by atoms with van der Waals surface area (Å²) in [7, 11) is 0. The van der Waals surface area contributed by atoms with E-state index in [2.05, 4.69) is 26.1 Å². The first-order valence-electron chi connectivity index (χ1n) is 6.71. The molecule has 0 spiro atoms. The molecule has 98 valence electrons. The monoisotopic (exact) mass is 236 g/mol. The van der Waals surface area contributed by atoms with E-state index in [9.17, 15) is 0 Å². The first-order chi connectivity index (χ1) is 8.24. The molecule has 1 unspecified atom stereocenters. The molecule has 2 nitrogen and oxygen atoms in total. The van der Waals surface area contributed by atoms with Crippen LogP contribution in [0.4, 0.5) is 0 Å². The van der Waals surface area contributed by atoms with Gasteiger partial charge in [-0.15, -0.1) is 0 Å². The molecule has 0 radical (unpaired) electrons. The zero-order chi connectivity index (χ0) is 12.9. The van der Waals surface area contributed by atoms with E-state index in [0.717, 1.165) is 6.04 Å². The molecule has 0 aliphatic heterocycles. The molecular weight excluding hydrogens is 208 g/mol. The van der Waals surface area contributed by atoms with Crippen molar-refractivity contribution in [3.63, 3.8) is 0 Å². The van der Waals surface area contributed by atoms with Gasteiger partial charge in [0.1, 0.15) is 0 Å². The summed E-state index contributed by atoms with van der Waals surface area (Å²) in [4.78, 5) is 0. The van der Waals surface area contributed by atoms with Crippen LogP contribution in [0.25, 0.3) is 0 Å². The van der Waals surface area contributed by atoms with Crippen molar-refractivity contribution >= 4 is 0 Å². The summed E-state index contributed by atoms with van der Waals surface area (Å²) in [6.07, 6.45) is 3.84. The highest BCUT2D eigenvalue weighted by Gasteiger charge is 1.95. The third-order valence-corrected chi connectivity index (χ3v) is 2.54. The first kappa shape index (κ1) is 16.1. The van der Waals surface area contributed by atoms with Crippen LogP contribution in [0.15, 0.2) is 30.3 Å². The highest BCUT2D eigenvalue weighted by molar-refractivity contribution is 5.13. The molecular formula is C15H28N2. The fourth-order valence-corrected chi connectivity index (χ4v) is 1.54. The minimum Gasteiger partial charge on any atom is -0.326 e. The molecule has 17 heavy (non-hydrogen) atoms. The lowest BCUT2D eigenvalue weighted by Crippen LogP contribution is -2.26. The largest absolute Gasteiger partial charge is 0.326 e. The van der Waals surface area contributed by atoms with Gasteiger partial charge in [0.05, 0.1) is 0 Å². The Bertz CT molecular complexity index is 246. The quantitative estimate of drug-likeness (QED) is 0.795. The Morgan fingerprint density at radius 2 is 1.76 bits per heavy atom. The Labute approximate surface area is 107 Å². The Hall–Kier alpha value is -0.860. The normalized spacial score (nSPS) is 11.5. The van der Waals surface area contributed by atoms with Gasteiger partial charge in [-0.25, -0.2) is 0 Å². The van der Waals surface area contributed by atoms with E-state index in [4.69, 9.17) is 5.73 Å². The molecule has 0 saturated heterocycles. The van der Waals surface area contributed by atoms with Crippen LogP contribution in [-0.2, 0) is 6.54 Å². The van der Waals surface area contributed by atoms with Crippen molar-refractivity contribution < 1.29 is 0 Å². The molecule has 1 atom stereocenters. The molecule has 0 bridgehead atoms. The predicted molar refractivity (Wildman–Crippen MR) is 77.0 cm³/mol. The number of nitrogens with one attached hydrogen (secondary N) is 1. The lowest BCUT2D eigenvalue weighted by atomic mass is 10.2. The molecule has 0 saturated carbocycles. The Morgan fingerprint density at radius 3 is 2.18 bits per heavy atom. The maximum atomic E-state index is 5.35. The molecule has 1 aromatic rings. The van der Waals surface area contributed by atoms with Gasteiger partial charge in [-0.1, -0.05) is 50.6 Å². The SMILES string of the molecule is CCCNC(C)CCC.NCc1ccccc1. The van der Waals surface area contributed by atoms with E-state index in [1.54, 1.807) is 0 Å². The van der Waals surface area contributed by atoms with E-state index >= 15 is 0 Å². The topological polar surface area (TPSA) is 38.0 Å². The van der Waals surface area contributed by atoms with E-state index in [1.807, 2.05) is 30.3 Å². The summed E-state index contributed by atoms with van der Waals surface area (Å²) >= 11 is 0. The third kappa shape index (κ3) is 10.0. The van der Waals surface area contributed by atoms with Gasteiger partial charge in [0, 0.05) is 12.6 Å². The van der Waals surface area contributed by atoms with Gasteiger partial charge in [0.25, 0.3) is 0 Å². The van der Waals surface area contributed by atoms with Crippen molar-refractivity contribution in [3.8, 4) is 0 Å². The molecule has 0 aliphatic carbocycles. The Kier molecular flexibility index (Phi) is 11.0. The van der Waals surface area contributed by atoms with Crippen molar-refractivity contribution in [1.29, 1.82) is 0 Å². The minimum atomic E-state index is 0.640. The van der Waals surface area contributed by atoms with E-state index in [0.29, 0.717) is 6.54 Å². The number of hydrogen-bond acceptors (Lipinski definition) is 2. The van der Waals surface area contributed by atoms with Crippen molar-refractivity contribution in [2.45, 2.75) is 52.6 Å². The lowest BCUT2D eigenvalue weighted by Gasteiger charge is -2.10. The lowest BCUT2D eigenvalue weighted by molar-refractivity contribution is 0.508. The number of hydrogen-bond donors (Lipinski definition) is 2. The molecule has 0 amide bonds. The summed E-state index contributed by atoms with van der Waals surface area (Å²) in [5, 5.41) is 3.43. The number of nitrogens with two attached hydrogens (primary N) is 1. The van der Waals surface area contributed by atoms with Crippen LogP contribution < -0.4 is 11.1 Å². The summed E-state index contributed by atoms with van der Waals surface area (Å²) in [5.74, 6) is 0. The summed E-state index contributed by atoms with van der Waals surface area (Å²) in [6.45, 7) is 8.48. The molecule has 0 fully saturated rings. The van der Waals surface area contributed by atoms with Gasteiger partial charge in [0.2, 0.25) is 0 Å². The van der Waals surface area contributed by atoms with Crippen LogP contribution in [0.3, 0.4) is 0 Å². The second kappa shape index (κ2) is 11.6. The second-order valence-corrected chi connectivity index (χ2v) is 4.33. The zero-order valence-electron chi connectivity index (χ0n) is 11.6. The Balaban J connectivity index is 0.000000302. The van der Waals surface area contributed by atoms with Crippen LogP contribution >= 0.6 is 0 Å². The average Bonchev–Trinajstić information content (AvgIpc) is 2.38. The summed E-state index contributed by atoms with van der Waals surface area (Å²) < 4.78 is 0. The van der Waals surface area contributed by atoms with Crippen LogP contribution in [0, 0.1) is 0 Å². The molecule has 0 aromatic heterocycles. The summed E-state index contributed by atoms with van der Waals surface area (Å²) in [5.41, 5.74) is 6.54. The molecule has 2 heteroatoms. The van der Waals surface area contributed by atoms with Crippen molar-refractivity contribution in [2.24, 2.45) is 5.73 Å². The molecule has 0 heterocycles. The molecule has 1 aromatic carbocycles. The number of benzene rings is 1. The highest BCUT2D eigenvalue weighted by atomic mass is 14.9. The predicted octanol–water partition coefficient (Wildman–Crippen LogP) is 3.32. The van der Waals surface area contributed by atoms with Gasteiger partial charge in [-0.2, -0.15) is 0 Å². The first-order valence-corrected chi connectivity index (χ1v) is 6.71. The number of rotatable bonds is 6. The van der Waals surface area contributed by atoms with Crippen LogP contribution in [0.5, 0.6) is 0 Å². The van der Waals surface area contributed by atoms with Crippen LogP contribution in [0.2, 0.25) is 0 Å². The highest BCUT2D eigenvalue weighted by Crippen LogP contribution is 1.94. The minimum absolute atomic E-state index is 0.640. The van der Waals surface area contributed by atoms with Crippen molar-refractivity contribution in [2.75, 3.05) is 6.54 Å². The van der Waals surface area contributed by atoms with Gasteiger partial charge >= 0.3 is 0 Å². The average molecular weight is 236 g/mol. The van der Waals surface area contributed by atoms with Gasteiger partial charge < -0.3 is 11.1 Å². The Morgan fingerprint density at radius 1 is 1.12 bits per heavy atom. The smallest absolute Gasteiger partial charge is 0.0178 e. The second-order valence-electron chi connectivity index (χ2n) is 4.33. The summed E-state index contributed by atoms with van der Waals surface area (Å²) in [6, 6.07) is 10.7. The maximum absolute atomic E-state index is 5.35. The van der Waals surface area contributed by atoms with E-state index in [1.165, 1.54) is 31.4 Å². The van der Waals surface area contributed by atoms with E-state index in [-0.39, 0.29) is 0 Å². The fraction of sp³-hybridized carbons (Fsp3) is 0.600.